The van der Waals surface area contributed by atoms with Crippen molar-refractivity contribution in [2.75, 3.05) is 43.4 Å². The number of aromatic nitrogens is 1. The van der Waals surface area contributed by atoms with Gasteiger partial charge in [0.05, 0.1) is 11.4 Å². The molecule has 0 bridgehead atoms. The summed E-state index contributed by atoms with van der Waals surface area (Å²) in [7, 11) is -3.85. The zero-order valence-electron chi connectivity index (χ0n) is 13.3. The molecule has 2 heterocycles. The lowest BCUT2D eigenvalue weighted by Gasteiger charge is -2.34. The van der Waals surface area contributed by atoms with E-state index < -0.39 is 10.1 Å². The Morgan fingerprint density at radius 2 is 1.83 bits per heavy atom. The molecule has 6 nitrogen and oxygen atoms in total. The normalized spacial score (nSPS) is 16.5. The van der Waals surface area contributed by atoms with Crippen molar-refractivity contribution in [2.24, 2.45) is 0 Å². The molecule has 2 aromatic rings. The number of thiazole rings is 1. The standard InChI is InChI=1S/C16H21N3O3S2/c20-24(21,22)12-4-7-18-8-10-19(11-9-18)16-17-15(13-23-16)14-5-2-1-3-6-14/h1-3,5-6,13H,4,7-12H2,(H,20,21,22). The van der Waals surface area contributed by atoms with Gasteiger partial charge in [0.25, 0.3) is 10.1 Å². The second-order valence-electron chi connectivity index (χ2n) is 5.85. The highest BCUT2D eigenvalue weighted by atomic mass is 32.2. The molecule has 0 radical (unpaired) electrons. The molecular weight excluding hydrogens is 346 g/mol. The van der Waals surface area contributed by atoms with E-state index in [1.165, 1.54) is 0 Å². The maximum atomic E-state index is 10.8. The summed E-state index contributed by atoms with van der Waals surface area (Å²) in [4.78, 5) is 9.24. The number of benzene rings is 1. The van der Waals surface area contributed by atoms with Crippen LogP contribution in [0.3, 0.4) is 0 Å². The van der Waals surface area contributed by atoms with Gasteiger partial charge in [0.2, 0.25) is 0 Å². The summed E-state index contributed by atoms with van der Waals surface area (Å²) in [6, 6.07) is 10.1. The van der Waals surface area contributed by atoms with E-state index in [4.69, 9.17) is 9.54 Å². The second-order valence-corrected chi connectivity index (χ2v) is 8.26. The van der Waals surface area contributed by atoms with Gasteiger partial charge in [-0.25, -0.2) is 4.98 Å². The fraction of sp³-hybridized carbons (Fsp3) is 0.438. The quantitative estimate of drug-likeness (QED) is 0.789. The molecule has 1 saturated heterocycles. The smallest absolute Gasteiger partial charge is 0.264 e. The van der Waals surface area contributed by atoms with Crippen molar-refractivity contribution in [3.05, 3.63) is 35.7 Å². The lowest BCUT2D eigenvalue weighted by molar-refractivity contribution is 0.258. The molecule has 8 heteroatoms. The predicted molar refractivity (Wildman–Crippen MR) is 97.2 cm³/mol. The molecule has 1 aliphatic rings. The molecule has 1 N–H and O–H groups in total. The first kappa shape index (κ1) is 17.3. The monoisotopic (exact) mass is 367 g/mol. The van der Waals surface area contributed by atoms with Crippen molar-refractivity contribution in [2.45, 2.75) is 6.42 Å². The topological polar surface area (TPSA) is 73.7 Å². The fourth-order valence-electron chi connectivity index (χ4n) is 2.78. The van der Waals surface area contributed by atoms with Crippen molar-refractivity contribution >= 4 is 26.6 Å². The summed E-state index contributed by atoms with van der Waals surface area (Å²) in [5.41, 5.74) is 2.13. The van der Waals surface area contributed by atoms with Crippen molar-refractivity contribution in [3.8, 4) is 11.3 Å². The SMILES string of the molecule is O=S(=O)(O)CCCN1CCN(c2nc(-c3ccccc3)cs2)CC1. The molecule has 0 aliphatic carbocycles. The van der Waals surface area contributed by atoms with Crippen LogP contribution in [0.5, 0.6) is 0 Å². The van der Waals surface area contributed by atoms with E-state index in [-0.39, 0.29) is 5.75 Å². The molecule has 0 saturated carbocycles. The average Bonchev–Trinajstić information content (AvgIpc) is 3.05. The van der Waals surface area contributed by atoms with Crippen LogP contribution in [0.25, 0.3) is 11.3 Å². The molecule has 0 amide bonds. The van der Waals surface area contributed by atoms with Crippen LogP contribution in [0.1, 0.15) is 6.42 Å². The molecule has 1 aromatic heterocycles. The van der Waals surface area contributed by atoms with Crippen LogP contribution < -0.4 is 4.90 Å². The average molecular weight is 367 g/mol. The van der Waals surface area contributed by atoms with Crippen LogP contribution in [-0.4, -0.2) is 61.3 Å². The number of nitrogens with zero attached hydrogens (tertiary/aromatic N) is 3. The van der Waals surface area contributed by atoms with Gasteiger partial charge in [-0.2, -0.15) is 8.42 Å². The first-order chi connectivity index (χ1) is 11.5. The first-order valence-electron chi connectivity index (χ1n) is 7.95. The van der Waals surface area contributed by atoms with Crippen molar-refractivity contribution < 1.29 is 13.0 Å². The molecule has 1 aromatic carbocycles. The van der Waals surface area contributed by atoms with Crippen LogP contribution >= 0.6 is 11.3 Å². The second kappa shape index (κ2) is 7.60. The number of hydrogen-bond donors (Lipinski definition) is 1. The van der Waals surface area contributed by atoms with Gasteiger partial charge in [0, 0.05) is 37.1 Å². The van der Waals surface area contributed by atoms with Gasteiger partial charge in [-0.3, -0.25) is 9.45 Å². The van der Waals surface area contributed by atoms with E-state index in [2.05, 4.69) is 27.3 Å². The zero-order valence-corrected chi connectivity index (χ0v) is 15.0. The lowest BCUT2D eigenvalue weighted by atomic mass is 10.2. The largest absolute Gasteiger partial charge is 0.346 e. The highest BCUT2D eigenvalue weighted by molar-refractivity contribution is 7.85. The Bertz CT molecular complexity index is 754. The Hall–Kier alpha value is -1.48. The van der Waals surface area contributed by atoms with E-state index in [1.807, 2.05) is 18.2 Å². The Balaban J connectivity index is 1.51. The maximum absolute atomic E-state index is 10.8. The summed E-state index contributed by atoms with van der Waals surface area (Å²) in [5.74, 6) is -0.167. The number of anilines is 1. The van der Waals surface area contributed by atoms with Gasteiger partial charge >= 0.3 is 0 Å². The minimum absolute atomic E-state index is 0.167. The van der Waals surface area contributed by atoms with Gasteiger partial charge < -0.3 is 4.90 Å². The van der Waals surface area contributed by atoms with Crippen molar-refractivity contribution in [3.63, 3.8) is 0 Å². The molecule has 0 atom stereocenters. The number of hydrogen-bond acceptors (Lipinski definition) is 6. The van der Waals surface area contributed by atoms with E-state index >= 15 is 0 Å². The van der Waals surface area contributed by atoms with Crippen LogP contribution in [0.2, 0.25) is 0 Å². The Morgan fingerprint density at radius 3 is 2.50 bits per heavy atom. The third kappa shape index (κ3) is 4.76. The minimum atomic E-state index is -3.85. The molecule has 24 heavy (non-hydrogen) atoms. The molecule has 0 unspecified atom stereocenters. The van der Waals surface area contributed by atoms with Crippen molar-refractivity contribution in [1.82, 2.24) is 9.88 Å². The van der Waals surface area contributed by atoms with Gasteiger partial charge in [-0.1, -0.05) is 30.3 Å². The molecule has 0 spiro atoms. The molecular formula is C16H21N3O3S2. The summed E-state index contributed by atoms with van der Waals surface area (Å²) < 4.78 is 30.3. The first-order valence-corrected chi connectivity index (χ1v) is 10.4. The molecule has 3 rings (SSSR count). The highest BCUT2D eigenvalue weighted by Gasteiger charge is 2.19. The van der Waals surface area contributed by atoms with Gasteiger partial charge in [0.1, 0.15) is 0 Å². The van der Waals surface area contributed by atoms with E-state index in [9.17, 15) is 8.42 Å². The van der Waals surface area contributed by atoms with E-state index in [0.29, 0.717) is 13.0 Å². The Kier molecular flexibility index (Phi) is 5.50. The summed E-state index contributed by atoms with van der Waals surface area (Å²) in [6.07, 6.45) is 0.467. The predicted octanol–water partition coefficient (Wildman–Crippen LogP) is 2.21. The number of rotatable bonds is 6. The third-order valence-corrected chi connectivity index (χ3v) is 5.79. The lowest BCUT2D eigenvalue weighted by Crippen LogP contribution is -2.46. The van der Waals surface area contributed by atoms with E-state index in [0.717, 1.165) is 42.6 Å². The van der Waals surface area contributed by atoms with Crippen LogP contribution in [0.4, 0.5) is 5.13 Å². The van der Waals surface area contributed by atoms with Crippen LogP contribution in [0.15, 0.2) is 35.7 Å². The van der Waals surface area contributed by atoms with Gasteiger partial charge in [-0.05, 0) is 13.0 Å². The van der Waals surface area contributed by atoms with Crippen molar-refractivity contribution in [1.29, 1.82) is 0 Å². The molecule has 130 valence electrons. The Morgan fingerprint density at radius 1 is 1.12 bits per heavy atom. The molecule has 1 aliphatic heterocycles. The zero-order chi connectivity index (χ0) is 17.0. The highest BCUT2D eigenvalue weighted by Crippen LogP contribution is 2.27. The van der Waals surface area contributed by atoms with Gasteiger partial charge in [0.15, 0.2) is 5.13 Å². The maximum Gasteiger partial charge on any atom is 0.264 e. The van der Waals surface area contributed by atoms with E-state index in [1.54, 1.807) is 11.3 Å². The minimum Gasteiger partial charge on any atom is -0.346 e. The summed E-state index contributed by atoms with van der Waals surface area (Å²) >= 11 is 1.66. The van der Waals surface area contributed by atoms with Gasteiger partial charge in [-0.15, -0.1) is 11.3 Å². The summed E-state index contributed by atoms with van der Waals surface area (Å²) in [6.45, 7) is 4.22. The Labute approximate surface area is 146 Å². The van der Waals surface area contributed by atoms with Crippen LogP contribution in [-0.2, 0) is 10.1 Å². The third-order valence-electron chi connectivity index (χ3n) is 4.08. The van der Waals surface area contributed by atoms with Crippen LogP contribution in [0, 0.1) is 0 Å². The molecule has 1 fully saturated rings. The fourth-order valence-corrected chi connectivity index (χ4v) is 4.17. The number of piperazine rings is 1. The summed E-state index contributed by atoms with van der Waals surface area (Å²) in [5, 5.41) is 3.12.